The van der Waals surface area contributed by atoms with Crippen LogP contribution in [0.2, 0.25) is 0 Å². The fourth-order valence-electron chi connectivity index (χ4n) is 1.06. The first-order valence-corrected chi connectivity index (χ1v) is 4.93. The molecular formula is C9H12ClN3O2. The number of halogens is 1. The maximum Gasteiger partial charge on any atom is 0.271 e. The van der Waals surface area contributed by atoms with Crippen molar-refractivity contribution in [2.75, 3.05) is 6.54 Å². The maximum atomic E-state index is 11.4. The zero-order chi connectivity index (χ0) is 11.3. The number of rotatable bonds is 5. The van der Waals surface area contributed by atoms with Gasteiger partial charge in [-0.3, -0.25) is 14.3 Å². The molecule has 0 fully saturated rings. The van der Waals surface area contributed by atoms with Gasteiger partial charge in [0.1, 0.15) is 5.69 Å². The van der Waals surface area contributed by atoms with Gasteiger partial charge in [-0.25, -0.2) is 0 Å². The van der Waals surface area contributed by atoms with E-state index >= 15 is 0 Å². The van der Waals surface area contributed by atoms with Crippen LogP contribution in [-0.4, -0.2) is 27.5 Å². The van der Waals surface area contributed by atoms with Gasteiger partial charge in [0.05, 0.1) is 0 Å². The minimum atomic E-state index is -0.387. The van der Waals surface area contributed by atoms with Gasteiger partial charge in [0.15, 0.2) is 0 Å². The molecule has 1 amide bonds. The number of aryl methyl sites for hydroxylation is 1. The Morgan fingerprint density at radius 3 is 2.87 bits per heavy atom. The molecule has 0 aliphatic rings. The second-order valence-corrected chi connectivity index (χ2v) is 3.51. The number of carbonyl (C=O) groups excluding carboxylic acids is 2. The van der Waals surface area contributed by atoms with Gasteiger partial charge in [-0.15, -0.1) is 0 Å². The number of carbonyl (C=O) groups is 2. The van der Waals surface area contributed by atoms with E-state index in [1.54, 1.807) is 24.0 Å². The Labute approximate surface area is 92.4 Å². The highest BCUT2D eigenvalue weighted by Gasteiger charge is 2.07. The van der Waals surface area contributed by atoms with E-state index in [1.807, 2.05) is 0 Å². The monoisotopic (exact) mass is 229 g/mol. The Morgan fingerprint density at radius 2 is 2.33 bits per heavy atom. The first-order valence-electron chi connectivity index (χ1n) is 4.56. The van der Waals surface area contributed by atoms with E-state index in [1.165, 1.54) is 0 Å². The van der Waals surface area contributed by atoms with Gasteiger partial charge in [0.2, 0.25) is 5.24 Å². The molecule has 6 heteroatoms. The Morgan fingerprint density at radius 1 is 1.60 bits per heavy atom. The summed E-state index contributed by atoms with van der Waals surface area (Å²) in [7, 11) is 1.74. The van der Waals surface area contributed by atoms with E-state index in [2.05, 4.69) is 10.4 Å². The van der Waals surface area contributed by atoms with Crippen molar-refractivity contribution in [3.8, 4) is 0 Å². The average molecular weight is 230 g/mol. The number of hydrogen-bond acceptors (Lipinski definition) is 3. The summed E-state index contributed by atoms with van der Waals surface area (Å²) in [5, 5.41) is 6.19. The van der Waals surface area contributed by atoms with E-state index in [0.717, 1.165) is 0 Å². The average Bonchev–Trinajstić information content (AvgIpc) is 2.59. The van der Waals surface area contributed by atoms with E-state index in [0.29, 0.717) is 18.7 Å². The van der Waals surface area contributed by atoms with Crippen LogP contribution in [0.5, 0.6) is 0 Å². The molecule has 15 heavy (non-hydrogen) atoms. The number of nitrogens with zero attached hydrogens (tertiary/aromatic N) is 2. The predicted octanol–water partition coefficient (Wildman–Crippen LogP) is 0.695. The van der Waals surface area contributed by atoms with Crippen molar-refractivity contribution >= 4 is 22.8 Å². The summed E-state index contributed by atoms with van der Waals surface area (Å²) < 4.78 is 1.55. The van der Waals surface area contributed by atoms with Gasteiger partial charge in [-0.2, -0.15) is 5.10 Å². The van der Waals surface area contributed by atoms with E-state index in [9.17, 15) is 9.59 Å². The van der Waals surface area contributed by atoms with Crippen molar-refractivity contribution < 1.29 is 9.59 Å². The van der Waals surface area contributed by atoms with Gasteiger partial charge in [0, 0.05) is 26.2 Å². The molecule has 1 aromatic heterocycles. The molecule has 5 nitrogen and oxygen atoms in total. The lowest BCUT2D eigenvalue weighted by molar-refractivity contribution is -0.111. The van der Waals surface area contributed by atoms with Gasteiger partial charge in [-0.1, -0.05) is 0 Å². The molecule has 1 rings (SSSR count). The summed E-state index contributed by atoms with van der Waals surface area (Å²) in [6, 6.07) is 1.63. The normalized spacial score (nSPS) is 10.0. The van der Waals surface area contributed by atoms with Crippen LogP contribution >= 0.6 is 11.6 Å². The fraction of sp³-hybridized carbons (Fsp3) is 0.444. The van der Waals surface area contributed by atoms with Crippen molar-refractivity contribution in [1.29, 1.82) is 0 Å². The van der Waals surface area contributed by atoms with E-state index in [-0.39, 0.29) is 17.6 Å². The molecule has 0 aromatic carbocycles. The molecule has 0 saturated carbocycles. The second-order valence-electron chi connectivity index (χ2n) is 3.09. The Balaban J connectivity index is 2.28. The molecule has 0 aliphatic heterocycles. The zero-order valence-electron chi connectivity index (χ0n) is 8.36. The first-order chi connectivity index (χ1) is 7.09. The highest BCUT2D eigenvalue weighted by molar-refractivity contribution is 6.63. The predicted molar refractivity (Wildman–Crippen MR) is 55.6 cm³/mol. The summed E-state index contributed by atoms with van der Waals surface area (Å²) in [5.74, 6) is -0.238. The summed E-state index contributed by atoms with van der Waals surface area (Å²) in [5.41, 5.74) is 0.370. The van der Waals surface area contributed by atoms with Crippen LogP contribution in [0.1, 0.15) is 23.3 Å². The van der Waals surface area contributed by atoms with Crippen LogP contribution in [0, 0.1) is 0 Å². The minimum absolute atomic E-state index is 0.238. The third-order valence-corrected chi connectivity index (χ3v) is 1.97. The molecule has 0 bridgehead atoms. The standard InChI is InChI=1S/C9H12ClN3O2/c1-13-6-4-7(12-13)9(15)11-5-2-3-8(10)14/h4,6H,2-3,5H2,1H3,(H,11,15). The van der Waals surface area contributed by atoms with Crippen LogP contribution in [0.3, 0.4) is 0 Å². The molecule has 82 valence electrons. The summed E-state index contributed by atoms with van der Waals surface area (Å²) in [6.45, 7) is 0.424. The van der Waals surface area contributed by atoms with Crippen molar-refractivity contribution in [3.05, 3.63) is 18.0 Å². The molecule has 1 N–H and O–H groups in total. The quantitative estimate of drug-likeness (QED) is 0.597. The topological polar surface area (TPSA) is 64.0 Å². The lowest BCUT2D eigenvalue weighted by Crippen LogP contribution is -2.25. The third-order valence-electron chi connectivity index (χ3n) is 1.78. The number of aromatic nitrogens is 2. The van der Waals surface area contributed by atoms with Crippen LogP contribution in [-0.2, 0) is 11.8 Å². The highest BCUT2D eigenvalue weighted by Crippen LogP contribution is 1.96. The summed E-state index contributed by atoms with van der Waals surface area (Å²) in [4.78, 5) is 21.8. The molecule has 0 spiro atoms. The largest absolute Gasteiger partial charge is 0.351 e. The van der Waals surface area contributed by atoms with Crippen LogP contribution in [0.25, 0.3) is 0 Å². The number of hydrogen-bond donors (Lipinski definition) is 1. The molecule has 1 heterocycles. The Bertz CT molecular complexity index is 362. The maximum absolute atomic E-state index is 11.4. The summed E-state index contributed by atoms with van der Waals surface area (Å²) >= 11 is 5.15. The molecule has 0 unspecified atom stereocenters. The SMILES string of the molecule is Cn1ccc(C(=O)NCCCC(=O)Cl)n1. The number of amides is 1. The van der Waals surface area contributed by atoms with Crippen molar-refractivity contribution in [1.82, 2.24) is 15.1 Å². The molecule has 0 radical (unpaired) electrons. The first kappa shape index (κ1) is 11.7. The zero-order valence-corrected chi connectivity index (χ0v) is 9.12. The van der Waals surface area contributed by atoms with E-state index < -0.39 is 0 Å². The minimum Gasteiger partial charge on any atom is -0.351 e. The number of nitrogens with one attached hydrogen (secondary N) is 1. The van der Waals surface area contributed by atoms with Gasteiger partial charge >= 0.3 is 0 Å². The highest BCUT2D eigenvalue weighted by atomic mass is 35.5. The smallest absolute Gasteiger partial charge is 0.271 e. The molecule has 1 aromatic rings. The van der Waals surface area contributed by atoms with E-state index in [4.69, 9.17) is 11.6 Å². The van der Waals surface area contributed by atoms with Crippen molar-refractivity contribution in [2.24, 2.45) is 7.05 Å². The van der Waals surface area contributed by atoms with Crippen LogP contribution in [0.15, 0.2) is 12.3 Å². The fourth-order valence-corrected chi connectivity index (χ4v) is 1.19. The third kappa shape index (κ3) is 4.12. The lowest BCUT2D eigenvalue weighted by atomic mass is 10.3. The molecule has 0 atom stereocenters. The van der Waals surface area contributed by atoms with Gasteiger partial charge < -0.3 is 5.32 Å². The lowest BCUT2D eigenvalue weighted by Gasteiger charge is -2.00. The van der Waals surface area contributed by atoms with Crippen LogP contribution in [0.4, 0.5) is 0 Å². The molecule has 0 saturated heterocycles. The van der Waals surface area contributed by atoms with Gasteiger partial charge in [-0.05, 0) is 24.1 Å². The molecule has 0 aliphatic carbocycles. The Kier molecular flexibility index (Phi) is 4.30. The van der Waals surface area contributed by atoms with Gasteiger partial charge in [0.25, 0.3) is 5.91 Å². The van der Waals surface area contributed by atoms with Crippen molar-refractivity contribution in [2.45, 2.75) is 12.8 Å². The Hall–Kier alpha value is -1.36. The van der Waals surface area contributed by atoms with Crippen LogP contribution < -0.4 is 5.32 Å². The van der Waals surface area contributed by atoms with Crippen molar-refractivity contribution in [3.63, 3.8) is 0 Å². The summed E-state index contributed by atoms with van der Waals surface area (Å²) in [6.07, 6.45) is 2.50. The second kappa shape index (κ2) is 5.50. The molecular weight excluding hydrogens is 218 g/mol.